The quantitative estimate of drug-likeness (QED) is 0.518. The van der Waals surface area contributed by atoms with Crippen molar-refractivity contribution in [2.75, 3.05) is 19.8 Å². The number of carbonyl (C=O) groups excluding carboxylic acids is 1. The number of hydrogen-bond acceptors (Lipinski definition) is 4. The van der Waals surface area contributed by atoms with E-state index in [9.17, 15) is 14.3 Å². The van der Waals surface area contributed by atoms with Crippen molar-refractivity contribution >= 4 is 5.91 Å². The lowest BCUT2D eigenvalue weighted by molar-refractivity contribution is 0.0717. The van der Waals surface area contributed by atoms with Gasteiger partial charge in [-0.2, -0.15) is 0 Å². The molecule has 0 unspecified atom stereocenters. The van der Waals surface area contributed by atoms with Gasteiger partial charge < -0.3 is 19.5 Å². The molecule has 0 saturated heterocycles. The molecule has 2 aliphatic rings. The molecule has 0 spiro atoms. The highest BCUT2D eigenvalue weighted by atomic mass is 19.1. The number of phenols is 1. The van der Waals surface area contributed by atoms with E-state index in [-0.39, 0.29) is 23.0 Å². The van der Waals surface area contributed by atoms with E-state index in [0.29, 0.717) is 43.9 Å². The molecule has 1 aliphatic carbocycles. The van der Waals surface area contributed by atoms with Gasteiger partial charge in [-0.05, 0) is 67.7 Å². The summed E-state index contributed by atoms with van der Waals surface area (Å²) in [5.74, 6) is 1.24. The molecule has 1 amide bonds. The largest absolute Gasteiger partial charge is 0.508 e. The van der Waals surface area contributed by atoms with Gasteiger partial charge in [-0.1, -0.05) is 25.5 Å². The zero-order chi connectivity index (χ0) is 22.5. The van der Waals surface area contributed by atoms with E-state index >= 15 is 0 Å². The molecule has 1 fully saturated rings. The van der Waals surface area contributed by atoms with Crippen molar-refractivity contribution in [3.8, 4) is 17.2 Å². The monoisotopic (exact) mass is 441 g/mol. The first-order chi connectivity index (χ1) is 15.5. The highest BCUT2D eigenvalue weighted by molar-refractivity contribution is 5.99. The minimum atomic E-state index is -0.515. The minimum absolute atomic E-state index is 0.180. The number of hydrogen-bond donors (Lipinski definition) is 1. The van der Waals surface area contributed by atoms with E-state index in [1.807, 2.05) is 12.1 Å². The molecule has 0 bridgehead atoms. The fourth-order valence-electron chi connectivity index (χ4n) is 4.66. The van der Waals surface area contributed by atoms with Gasteiger partial charge in [-0.3, -0.25) is 4.79 Å². The lowest BCUT2D eigenvalue weighted by atomic mass is 9.82. The van der Waals surface area contributed by atoms with Crippen LogP contribution >= 0.6 is 0 Å². The molecule has 5 nitrogen and oxygen atoms in total. The van der Waals surface area contributed by atoms with E-state index in [4.69, 9.17) is 9.47 Å². The average Bonchev–Trinajstić information content (AvgIpc) is 3.11. The Kier molecular flexibility index (Phi) is 7.18. The first-order valence-electron chi connectivity index (χ1n) is 11.7. The highest BCUT2D eigenvalue weighted by Crippen LogP contribution is 2.35. The topological polar surface area (TPSA) is 59.0 Å². The maximum Gasteiger partial charge on any atom is 0.257 e. The van der Waals surface area contributed by atoms with Crippen LogP contribution in [0.4, 0.5) is 4.39 Å². The Hall–Kier alpha value is -2.76. The summed E-state index contributed by atoms with van der Waals surface area (Å²) >= 11 is 0. The normalized spacial score (nSPS) is 20.3. The van der Waals surface area contributed by atoms with E-state index in [1.165, 1.54) is 0 Å². The Morgan fingerprint density at radius 3 is 2.62 bits per heavy atom. The lowest BCUT2D eigenvalue weighted by Gasteiger charge is -2.31. The molecule has 0 radical (unpaired) electrons. The molecule has 0 atom stereocenters. The van der Waals surface area contributed by atoms with Gasteiger partial charge in [0.25, 0.3) is 5.91 Å². The van der Waals surface area contributed by atoms with Gasteiger partial charge >= 0.3 is 0 Å². The van der Waals surface area contributed by atoms with Crippen molar-refractivity contribution in [2.24, 2.45) is 11.8 Å². The molecule has 172 valence electrons. The number of phenolic OH excluding ortho intramolecular Hbond substituents is 1. The number of halogens is 1. The maximum atomic E-state index is 14.9. The van der Waals surface area contributed by atoms with Crippen LogP contribution in [0.25, 0.3) is 0 Å². The summed E-state index contributed by atoms with van der Waals surface area (Å²) in [5, 5.41) is 9.55. The molecule has 1 N–H and O–H groups in total. The van der Waals surface area contributed by atoms with Crippen LogP contribution in [0.1, 0.15) is 61.4 Å². The zero-order valence-corrected chi connectivity index (χ0v) is 18.7. The molecule has 2 aromatic rings. The molecule has 1 saturated carbocycles. The van der Waals surface area contributed by atoms with Crippen molar-refractivity contribution < 1.29 is 23.8 Å². The van der Waals surface area contributed by atoms with Gasteiger partial charge in [0.2, 0.25) is 0 Å². The third kappa shape index (κ3) is 5.17. The van der Waals surface area contributed by atoms with Gasteiger partial charge in [-0.25, -0.2) is 4.39 Å². The number of aromatic hydroxyl groups is 1. The van der Waals surface area contributed by atoms with Gasteiger partial charge in [0, 0.05) is 19.2 Å². The molecule has 1 heterocycles. The van der Waals surface area contributed by atoms with Crippen molar-refractivity contribution in [2.45, 2.75) is 52.0 Å². The number of rotatable bonds is 9. The van der Waals surface area contributed by atoms with Crippen LogP contribution in [0.5, 0.6) is 17.2 Å². The van der Waals surface area contributed by atoms with Crippen molar-refractivity contribution in [3.05, 3.63) is 53.3 Å². The number of amides is 1. The Morgan fingerprint density at radius 2 is 1.88 bits per heavy atom. The predicted octanol–water partition coefficient (Wildman–Crippen LogP) is 5.55. The Balaban J connectivity index is 1.27. The Bertz CT molecular complexity index is 939. The molecule has 6 heteroatoms. The smallest absolute Gasteiger partial charge is 0.257 e. The summed E-state index contributed by atoms with van der Waals surface area (Å²) in [5.41, 5.74) is 0.940. The van der Waals surface area contributed by atoms with E-state index in [1.54, 1.807) is 29.2 Å². The van der Waals surface area contributed by atoms with Crippen molar-refractivity contribution in [1.82, 2.24) is 4.90 Å². The Labute approximate surface area is 189 Å². The maximum absolute atomic E-state index is 14.9. The second kappa shape index (κ2) is 10.2. The lowest BCUT2D eigenvalue weighted by Crippen LogP contribution is -2.32. The van der Waals surface area contributed by atoms with Gasteiger partial charge in [0.15, 0.2) is 11.6 Å². The standard InChI is InChI=1S/C26H32FNO4/c1-2-3-13-31-23-12-11-20-16-28(26(30)24(20)25(23)27)15-18-7-9-19(10-8-18)17-32-22-6-4-5-21(29)14-22/h4-6,11-12,14,18-19,29H,2-3,7-10,13,15-17H2,1H3. The summed E-state index contributed by atoms with van der Waals surface area (Å²) in [6.07, 6.45) is 5.98. The van der Waals surface area contributed by atoms with Crippen molar-refractivity contribution in [1.29, 1.82) is 0 Å². The minimum Gasteiger partial charge on any atom is -0.508 e. The van der Waals surface area contributed by atoms with Crippen LogP contribution in [0.2, 0.25) is 0 Å². The van der Waals surface area contributed by atoms with Crippen molar-refractivity contribution in [3.63, 3.8) is 0 Å². The summed E-state index contributed by atoms with van der Waals surface area (Å²) in [6.45, 7) is 4.29. The molecule has 4 rings (SSSR count). The van der Waals surface area contributed by atoms with Gasteiger partial charge in [0.05, 0.1) is 18.8 Å². The second-order valence-electron chi connectivity index (χ2n) is 8.99. The summed E-state index contributed by atoms with van der Waals surface area (Å²) in [4.78, 5) is 14.7. The molecular formula is C26H32FNO4. The van der Waals surface area contributed by atoms with Crippen LogP contribution in [-0.2, 0) is 6.54 Å². The summed E-state index contributed by atoms with van der Waals surface area (Å²) in [6, 6.07) is 10.4. The predicted molar refractivity (Wildman–Crippen MR) is 121 cm³/mol. The molecular weight excluding hydrogens is 409 g/mol. The van der Waals surface area contributed by atoms with Gasteiger partial charge in [0.1, 0.15) is 11.5 Å². The number of ether oxygens (including phenoxy) is 2. The second-order valence-corrected chi connectivity index (χ2v) is 8.99. The number of benzene rings is 2. The third-order valence-electron chi connectivity index (χ3n) is 6.56. The zero-order valence-electron chi connectivity index (χ0n) is 18.7. The number of nitrogens with zero attached hydrogens (tertiary/aromatic N) is 1. The molecule has 2 aromatic carbocycles. The molecule has 32 heavy (non-hydrogen) atoms. The number of fused-ring (bicyclic) bond motifs is 1. The molecule has 1 aliphatic heterocycles. The first-order valence-corrected chi connectivity index (χ1v) is 11.7. The van der Waals surface area contributed by atoms with E-state index in [2.05, 4.69) is 6.92 Å². The van der Waals surface area contributed by atoms with E-state index in [0.717, 1.165) is 44.1 Å². The summed E-state index contributed by atoms with van der Waals surface area (Å²) in [7, 11) is 0. The Morgan fingerprint density at radius 1 is 1.09 bits per heavy atom. The highest BCUT2D eigenvalue weighted by Gasteiger charge is 2.34. The van der Waals surface area contributed by atoms with E-state index < -0.39 is 5.82 Å². The fraction of sp³-hybridized carbons (Fsp3) is 0.500. The number of unbranched alkanes of at least 4 members (excludes halogenated alkanes) is 1. The van der Waals surface area contributed by atoms with Crippen LogP contribution in [0.3, 0.4) is 0 Å². The van der Waals surface area contributed by atoms with Crippen LogP contribution < -0.4 is 9.47 Å². The number of carbonyl (C=O) groups is 1. The van der Waals surface area contributed by atoms with Crippen LogP contribution in [-0.4, -0.2) is 35.7 Å². The van der Waals surface area contributed by atoms with Gasteiger partial charge in [-0.15, -0.1) is 0 Å². The van der Waals surface area contributed by atoms with Crippen LogP contribution in [0.15, 0.2) is 36.4 Å². The average molecular weight is 442 g/mol. The SMILES string of the molecule is CCCCOc1ccc2c(c1F)C(=O)N(CC1CCC(COc3cccc(O)c3)CC1)C2. The third-order valence-corrected chi connectivity index (χ3v) is 6.56. The van der Waals surface area contributed by atoms with Crippen LogP contribution in [0, 0.1) is 17.7 Å². The first kappa shape index (κ1) is 22.4. The summed E-state index contributed by atoms with van der Waals surface area (Å²) < 4.78 is 26.3. The fourth-order valence-corrected chi connectivity index (χ4v) is 4.66. The molecule has 0 aromatic heterocycles.